The highest BCUT2D eigenvalue weighted by Gasteiger charge is 2.41. The Morgan fingerprint density at radius 2 is 1.82 bits per heavy atom. The first-order valence-electron chi connectivity index (χ1n) is 7.92. The van der Waals surface area contributed by atoms with Crippen LogP contribution >= 0.6 is 11.6 Å². The lowest BCUT2D eigenvalue weighted by Crippen LogP contribution is -2.24. The molecule has 3 rings (SSSR count). The molecule has 1 heterocycles. The molecule has 0 spiro atoms. The van der Waals surface area contributed by atoms with Crippen molar-refractivity contribution in [2.75, 3.05) is 14.1 Å². The van der Waals surface area contributed by atoms with Gasteiger partial charge in [-0.05, 0) is 17.7 Å². The molecule has 0 fully saturated rings. The van der Waals surface area contributed by atoms with E-state index in [2.05, 4.69) is 0 Å². The first-order valence-corrected chi connectivity index (χ1v) is 9.74. The number of amides is 1. The minimum atomic E-state index is -4.24. The van der Waals surface area contributed by atoms with E-state index in [4.69, 9.17) is 11.6 Å². The smallest absolute Gasteiger partial charge is 0.258 e. The van der Waals surface area contributed by atoms with E-state index in [0.717, 1.165) is 10.4 Å². The largest absolute Gasteiger partial charge is 0.504 e. The molecular weight excluding hydrogens is 415 g/mol. The standard InChI is InChI=1S/C17H16ClFN2O6S/c1-20(2)28(26,27)16-9-7-21(6-8-3-4-11(19)10(18)5-8)17(25)12(9)13(22)14(23)15(16)24/h3-5,22-24H,6-7H2,1-2H3. The van der Waals surface area contributed by atoms with Gasteiger partial charge in [-0.15, -0.1) is 0 Å². The molecule has 2 aromatic rings. The zero-order chi connectivity index (χ0) is 21.0. The minimum Gasteiger partial charge on any atom is -0.504 e. The molecule has 0 saturated heterocycles. The number of phenols is 3. The summed E-state index contributed by atoms with van der Waals surface area (Å²) in [5.41, 5.74) is -0.0823. The van der Waals surface area contributed by atoms with Crippen molar-refractivity contribution in [1.82, 2.24) is 9.21 Å². The summed E-state index contributed by atoms with van der Waals surface area (Å²) in [5.74, 6) is -4.43. The Bertz CT molecular complexity index is 1100. The maximum Gasteiger partial charge on any atom is 0.258 e. The number of carbonyl (C=O) groups excluding carboxylic acids is 1. The molecule has 0 unspecified atom stereocenters. The van der Waals surface area contributed by atoms with Crippen LogP contribution in [0.3, 0.4) is 0 Å². The van der Waals surface area contributed by atoms with Crippen molar-refractivity contribution < 1.29 is 32.9 Å². The summed E-state index contributed by atoms with van der Waals surface area (Å²) in [6, 6.07) is 3.85. The van der Waals surface area contributed by atoms with E-state index < -0.39 is 49.5 Å². The Kier molecular flexibility index (Phi) is 4.90. The average Bonchev–Trinajstić information content (AvgIpc) is 2.92. The quantitative estimate of drug-likeness (QED) is 0.638. The lowest BCUT2D eigenvalue weighted by atomic mass is 10.1. The van der Waals surface area contributed by atoms with E-state index in [1.165, 1.54) is 31.1 Å². The van der Waals surface area contributed by atoms with Crippen LogP contribution in [-0.4, -0.2) is 52.9 Å². The molecule has 150 valence electrons. The van der Waals surface area contributed by atoms with Gasteiger partial charge in [0.05, 0.1) is 10.6 Å². The number of hydrogen-bond donors (Lipinski definition) is 3. The number of nitrogens with zero attached hydrogens (tertiary/aromatic N) is 2. The molecule has 1 aliphatic rings. The molecule has 1 amide bonds. The lowest BCUT2D eigenvalue weighted by Gasteiger charge is -2.17. The van der Waals surface area contributed by atoms with Gasteiger partial charge in [0.1, 0.15) is 10.7 Å². The maximum atomic E-state index is 13.3. The molecule has 0 bridgehead atoms. The van der Waals surface area contributed by atoms with Gasteiger partial charge in [0.2, 0.25) is 15.8 Å². The maximum absolute atomic E-state index is 13.3. The zero-order valence-corrected chi connectivity index (χ0v) is 16.3. The van der Waals surface area contributed by atoms with Crippen LogP contribution in [0.4, 0.5) is 4.39 Å². The van der Waals surface area contributed by atoms with Gasteiger partial charge in [0.15, 0.2) is 11.5 Å². The fourth-order valence-corrected chi connectivity index (χ4v) is 4.37. The predicted octanol–water partition coefficient (Wildman–Crippen LogP) is 2.00. The second-order valence-electron chi connectivity index (χ2n) is 6.43. The van der Waals surface area contributed by atoms with Gasteiger partial charge < -0.3 is 20.2 Å². The van der Waals surface area contributed by atoms with Crippen LogP contribution < -0.4 is 0 Å². The Hall–Kier alpha value is -2.56. The number of sulfonamides is 1. The van der Waals surface area contributed by atoms with Gasteiger partial charge >= 0.3 is 0 Å². The first kappa shape index (κ1) is 20.2. The summed E-state index contributed by atoms with van der Waals surface area (Å²) in [6.07, 6.45) is 0. The highest BCUT2D eigenvalue weighted by atomic mass is 35.5. The van der Waals surface area contributed by atoms with E-state index in [1.807, 2.05) is 0 Å². The van der Waals surface area contributed by atoms with Gasteiger partial charge in [-0.1, -0.05) is 17.7 Å². The number of carbonyl (C=O) groups is 1. The van der Waals surface area contributed by atoms with Crippen molar-refractivity contribution in [1.29, 1.82) is 0 Å². The van der Waals surface area contributed by atoms with E-state index in [-0.39, 0.29) is 23.7 Å². The van der Waals surface area contributed by atoms with Crippen LogP contribution in [0.1, 0.15) is 21.5 Å². The summed E-state index contributed by atoms with van der Waals surface area (Å²) in [7, 11) is -1.80. The predicted molar refractivity (Wildman–Crippen MR) is 97.3 cm³/mol. The molecule has 11 heteroatoms. The summed E-state index contributed by atoms with van der Waals surface area (Å²) in [5, 5.41) is 30.1. The van der Waals surface area contributed by atoms with Crippen LogP contribution in [0.25, 0.3) is 0 Å². The van der Waals surface area contributed by atoms with E-state index >= 15 is 0 Å². The minimum absolute atomic E-state index is 0.0596. The number of rotatable bonds is 4. The first-order chi connectivity index (χ1) is 13.0. The second kappa shape index (κ2) is 6.80. The molecule has 8 nitrogen and oxygen atoms in total. The average molecular weight is 431 g/mol. The Morgan fingerprint density at radius 1 is 1.18 bits per heavy atom. The molecule has 0 radical (unpaired) electrons. The van der Waals surface area contributed by atoms with Crippen LogP contribution in [0.5, 0.6) is 17.2 Å². The summed E-state index contributed by atoms with van der Waals surface area (Å²) >= 11 is 5.74. The topological polar surface area (TPSA) is 118 Å². The van der Waals surface area contributed by atoms with Crippen LogP contribution in [-0.2, 0) is 23.1 Å². The number of halogens is 2. The Balaban J connectivity index is 2.12. The highest BCUT2D eigenvalue weighted by molar-refractivity contribution is 7.89. The van der Waals surface area contributed by atoms with Gasteiger partial charge in [-0.2, -0.15) is 0 Å². The second-order valence-corrected chi connectivity index (χ2v) is 8.92. The Morgan fingerprint density at radius 3 is 2.39 bits per heavy atom. The molecule has 28 heavy (non-hydrogen) atoms. The molecule has 2 aromatic carbocycles. The van der Waals surface area contributed by atoms with Gasteiger partial charge in [0.25, 0.3) is 5.91 Å². The lowest BCUT2D eigenvalue weighted by molar-refractivity contribution is 0.0764. The summed E-state index contributed by atoms with van der Waals surface area (Å²) in [4.78, 5) is 13.3. The zero-order valence-electron chi connectivity index (χ0n) is 14.8. The van der Waals surface area contributed by atoms with Crippen LogP contribution in [0, 0.1) is 5.82 Å². The van der Waals surface area contributed by atoms with E-state index in [9.17, 15) is 32.9 Å². The third-order valence-electron chi connectivity index (χ3n) is 4.42. The molecule has 3 N–H and O–H groups in total. The highest BCUT2D eigenvalue weighted by Crippen LogP contribution is 2.49. The van der Waals surface area contributed by atoms with Crippen LogP contribution in [0.15, 0.2) is 23.1 Å². The third kappa shape index (κ3) is 3.03. The number of hydrogen-bond acceptors (Lipinski definition) is 6. The summed E-state index contributed by atoms with van der Waals surface area (Å²) in [6.45, 7) is -0.317. The SMILES string of the molecule is CN(C)S(=O)(=O)c1c(O)c(O)c(O)c2c1CN(Cc1ccc(F)c(Cl)c1)C2=O. The fourth-order valence-electron chi connectivity index (χ4n) is 2.99. The van der Waals surface area contributed by atoms with Crippen molar-refractivity contribution in [2.24, 2.45) is 0 Å². The molecule has 0 atom stereocenters. The normalized spacial score (nSPS) is 14.0. The number of phenolic OH excluding ortho intramolecular Hbond substituents is 3. The van der Waals surface area contributed by atoms with E-state index in [1.54, 1.807) is 0 Å². The van der Waals surface area contributed by atoms with Gasteiger partial charge in [-0.3, -0.25) is 4.79 Å². The van der Waals surface area contributed by atoms with Crippen molar-refractivity contribution in [3.8, 4) is 17.2 Å². The monoisotopic (exact) mass is 430 g/mol. The number of fused-ring (bicyclic) bond motifs is 1. The Labute approximate surface area is 165 Å². The summed E-state index contributed by atoms with van der Waals surface area (Å²) < 4.78 is 39.4. The molecule has 0 aromatic heterocycles. The molecular formula is C17H16ClFN2O6S. The van der Waals surface area contributed by atoms with Crippen molar-refractivity contribution in [2.45, 2.75) is 18.0 Å². The van der Waals surface area contributed by atoms with Gasteiger partial charge in [-0.25, -0.2) is 17.1 Å². The number of benzene rings is 2. The van der Waals surface area contributed by atoms with Crippen molar-refractivity contribution in [3.05, 3.63) is 45.7 Å². The molecule has 0 aliphatic carbocycles. The molecule has 0 saturated carbocycles. The third-order valence-corrected chi connectivity index (χ3v) is 6.63. The van der Waals surface area contributed by atoms with Crippen LogP contribution in [0.2, 0.25) is 5.02 Å². The fraction of sp³-hybridized carbons (Fsp3) is 0.235. The van der Waals surface area contributed by atoms with Crippen molar-refractivity contribution in [3.63, 3.8) is 0 Å². The molecule has 1 aliphatic heterocycles. The number of aromatic hydroxyl groups is 3. The van der Waals surface area contributed by atoms with E-state index in [0.29, 0.717) is 5.56 Å². The van der Waals surface area contributed by atoms with Gasteiger partial charge in [0, 0.05) is 32.7 Å². The van der Waals surface area contributed by atoms with Crippen molar-refractivity contribution >= 4 is 27.5 Å².